The molecule has 0 bridgehead atoms. The fourth-order valence-corrected chi connectivity index (χ4v) is 4.08. The molecule has 1 unspecified atom stereocenters. The Hall–Kier alpha value is -2.69. The fraction of sp³-hybridized carbons (Fsp3) is 0.469. The number of nitrogens with two attached hydrogens (primary N) is 1. The molecule has 2 N–H and O–H groups in total. The van der Waals surface area contributed by atoms with Crippen LogP contribution in [0.4, 0.5) is 0 Å². The number of ether oxygens (including phenoxy) is 1. The summed E-state index contributed by atoms with van der Waals surface area (Å²) in [7, 11) is 0. The molecule has 0 aromatic carbocycles. The van der Waals surface area contributed by atoms with E-state index in [0.717, 1.165) is 36.2 Å². The first kappa shape index (κ1) is 31.3. The fourth-order valence-electron chi connectivity index (χ4n) is 4.08. The number of aliphatic imine (C=N–C) groups is 1. The average molecular weight is 492 g/mol. The van der Waals surface area contributed by atoms with Gasteiger partial charge in [0.25, 0.3) is 0 Å². The van der Waals surface area contributed by atoms with Crippen LogP contribution < -0.4 is 5.73 Å². The molecule has 36 heavy (non-hydrogen) atoms. The van der Waals surface area contributed by atoms with Crippen molar-refractivity contribution in [3.63, 3.8) is 0 Å². The van der Waals surface area contributed by atoms with Gasteiger partial charge in [-0.1, -0.05) is 74.4 Å². The van der Waals surface area contributed by atoms with Crippen molar-refractivity contribution >= 4 is 6.72 Å². The number of hydrogen-bond acceptors (Lipinski definition) is 4. The van der Waals surface area contributed by atoms with Crippen LogP contribution in [0.1, 0.15) is 67.2 Å². The van der Waals surface area contributed by atoms with Gasteiger partial charge in [-0.05, 0) is 77.0 Å². The van der Waals surface area contributed by atoms with Crippen molar-refractivity contribution in [2.75, 3.05) is 26.2 Å². The van der Waals surface area contributed by atoms with Gasteiger partial charge in [-0.25, -0.2) is 0 Å². The van der Waals surface area contributed by atoms with Gasteiger partial charge >= 0.3 is 0 Å². The van der Waals surface area contributed by atoms with E-state index in [9.17, 15) is 0 Å². The lowest BCUT2D eigenvalue weighted by atomic mass is 9.97. The van der Waals surface area contributed by atoms with E-state index in [1.807, 2.05) is 25.2 Å². The second-order valence-electron chi connectivity index (χ2n) is 9.77. The first-order chi connectivity index (χ1) is 17.2. The zero-order valence-electron chi connectivity index (χ0n) is 23.7. The maximum atomic E-state index is 6.34. The number of rotatable bonds is 15. The summed E-state index contributed by atoms with van der Waals surface area (Å²) in [6.45, 7) is 27.9. The standard InChI is InChI=1S/C32H49N3O/c1-10-12-15-27(8)35-21-19-26(7)28(22-35)17-18-29(24(3)4)23-36-32(25(5)6)30(11-2)31(34-9)16-13-14-20-33/h11,13-14,16-18,27H,2,5,9-10,12,15,19-23,33H2,1,3-4,6-8H3/b14-13-,18-17-,31-16-,32-30-. The molecule has 1 aliphatic heterocycles. The van der Waals surface area contributed by atoms with Gasteiger partial charge in [0.15, 0.2) is 0 Å². The van der Waals surface area contributed by atoms with E-state index in [0.29, 0.717) is 30.6 Å². The second kappa shape index (κ2) is 16.9. The van der Waals surface area contributed by atoms with Crippen LogP contribution in [0.5, 0.6) is 0 Å². The number of nitrogens with zero attached hydrogens (tertiary/aromatic N) is 2. The van der Waals surface area contributed by atoms with Gasteiger partial charge in [0.05, 0.1) is 5.70 Å². The summed E-state index contributed by atoms with van der Waals surface area (Å²) < 4.78 is 6.34. The van der Waals surface area contributed by atoms with E-state index in [-0.39, 0.29) is 0 Å². The molecule has 4 nitrogen and oxygen atoms in total. The molecule has 1 aliphatic rings. The second-order valence-corrected chi connectivity index (χ2v) is 9.77. The minimum Gasteiger partial charge on any atom is -0.488 e. The molecule has 1 rings (SSSR count). The summed E-state index contributed by atoms with van der Waals surface area (Å²) >= 11 is 0. The highest BCUT2D eigenvalue weighted by Crippen LogP contribution is 2.26. The number of hydrogen-bond donors (Lipinski definition) is 1. The highest BCUT2D eigenvalue weighted by Gasteiger charge is 2.19. The van der Waals surface area contributed by atoms with E-state index in [4.69, 9.17) is 10.5 Å². The Morgan fingerprint density at radius 2 is 2.00 bits per heavy atom. The third-order valence-electron chi connectivity index (χ3n) is 6.60. The minimum atomic E-state index is 0.435. The highest BCUT2D eigenvalue weighted by molar-refractivity contribution is 5.50. The summed E-state index contributed by atoms with van der Waals surface area (Å²) in [6.07, 6.45) is 16.7. The number of unbranched alkanes of at least 4 members (excludes halogenated alkanes) is 1. The molecule has 198 valence electrons. The first-order valence-corrected chi connectivity index (χ1v) is 13.2. The minimum absolute atomic E-state index is 0.435. The molecular formula is C32H49N3O. The molecule has 0 spiro atoms. The Morgan fingerprint density at radius 1 is 1.28 bits per heavy atom. The molecule has 0 radical (unpaired) electrons. The Labute approximate surface area is 221 Å². The van der Waals surface area contributed by atoms with Crippen molar-refractivity contribution in [3.05, 3.63) is 94.5 Å². The smallest absolute Gasteiger partial charge is 0.131 e. The lowest BCUT2D eigenvalue weighted by Gasteiger charge is -2.34. The van der Waals surface area contributed by atoms with Gasteiger partial charge in [0, 0.05) is 31.2 Å². The molecule has 0 saturated heterocycles. The third kappa shape index (κ3) is 10.1. The Balaban J connectivity index is 3.13. The van der Waals surface area contributed by atoms with Crippen LogP contribution in [0.2, 0.25) is 0 Å². The van der Waals surface area contributed by atoms with Crippen LogP contribution in [0.25, 0.3) is 0 Å². The molecule has 0 aliphatic carbocycles. The van der Waals surface area contributed by atoms with Gasteiger partial charge < -0.3 is 10.5 Å². The number of allylic oxidation sites excluding steroid dienone is 5. The van der Waals surface area contributed by atoms with Crippen LogP contribution in [0, 0.1) is 0 Å². The predicted molar refractivity (Wildman–Crippen MR) is 159 cm³/mol. The molecule has 1 atom stereocenters. The predicted octanol–water partition coefficient (Wildman–Crippen LogP) is 7.61. The average Bonchev–Trinajstić information content (AvgIpc) is 2.85. The Morgan fingerprint density at radius 3 is 2.56 bits per heavy atom. The summed E-state index contributed by atoms with van der Waals surface area (Å²) in [5.74, 6) is 0.668. The van der Waals surface area contributed by atoms with Crippen LogP contribution in [0.3, 0.4) is 0 Å². The monoisotopic (exact) mass is 491 g/mol. The first-order valence-electron chi connectivity index (χ1n) is 13.2. The molecule has 4 heteroatoms. The lowest BCUT2D eigenvalue weighted by Crippen LogP contribution is -2.38. The van der Waals surface area contributed by atoms with E-state index >= 15 is 0 Å². The molecule has 0 amide bonds. The zero-order valence-corrected chi connectivity index (χ0v) is 23.7. The van der Waals surface area contributed by atoms with Crippen molar-refractivity contribution in [1.29, 1.82) is 0 Å². The highest BCUT2D eigenvalue weighted by atomic mass is 16.5. The van der Waals surface area contributed by atoms with Crippen molar-refractivity contribution in [3.8, 4) is 0 Å². The molecule has 0 aromatic heterocycles. The van der Waals surface area contributed by atoms with Crippen molar-refractivity contribution < 1.29 is 4.74 Å². The van der Waals surface area contributed by atoms with Crippen LogP contribution in [0.15, 0.2) is 99.5 Å². The molecule has 1 heterocycles. The van der Waals surface area contributed by atoms with Crippen molar-refractivity contribution in [1.82, 2.24) is 4.90 Å². The summed E-state index contributed by atoms with van der Waals surface area (Å²) in [4.78, 5) is 6.79. The summed E-state index contributed by atoms with van der Waals surface area (Å²) in [5, 5.41) is 0. The third-order valence-corrected chi connectivity index (χ3v) is 6.60. The van der Waals surface area contributed by atoms with E-state index in [2.05, 4.69) is 76.5 Å². The molecule has 0 aromatic rings. The van der Waals surface area contributed by atoms with E-state index in [1.54, 1.807) is 6.08 Å². The van der Waals surface area contributed by atoms with Gasteiger partial charge in [0.2, 0.25) is 0 Å². The van der Waals surface area contributed by atoms with E-state index < -0.39 is 0 Å². The lowest BCUT2D eigenvalue weighted by molar-refractivity contribution is 0.207. The SMILES string of the molecule is C=CC(/C(=C/C=C\CN)N=C)=C(/OCC(/C=C\C1=C(C)CCN(C(C)CCCC)C1)=C(C)C)C(=C)C. The zero-order chi connectivity index (χ0) is 27.1. The Kier molecular flexibility index (Phi) is 14.7. The summed E-state index contributed by atoms with van der Waals surface area (Å²) in [5.41, 5.74) is 13.1. The molecular weight excluding hydrogens is 442 g/mol. The van der Waals surface area contributed by atoms with Gasteiger partial charge in [-0.2, -0.15) is 0 Å². The largest absolute Gasteiger partial charge is 0.488 e. The van der Waals surface area contributed by atoms with Crippen LogP contribution >= 0.6 is 0 Å². The van der Waals surface area contributed by atoms with Gasteiger partial charge in [0.1, 0.15) is 12.4 Å². The maximum absolute atomic E-state index is 6.34. The van der Waals surface area contributed by atoms with Crippen LogP contribution in [-0.2, 0) is 4.74 Å². The molecule has 0 fully saturated rings. The molecule has 0 saturated carbocycles. The quantitative estimate of drug-likeness (QED) is 0.146. The van der Waals surface area contributed by atoms with Crippen molar-refractivity contribution in [2.24, 2.45) is 10.7 Å². The van der Waals surface area contributed by atoms with Crippen molar-refractivity contribution in [2.45, 2.75) is 73.3 Å². The Bertz CT molecular complexity index is 952. The van der Waals surface area contributed by atoms with E-state index in [1.165, 1.54) is 36.0 Å². The normalized spacial score (nSPS) is 16.8. The van der Waals surface area contributed by atoms with Gasteiger partial charge in [-0.3, -0.25) is 9.89 Å². The van der Waals surface area contributed by atoms with Gasteiger partial charge in [-0.15, -0.1) is 0 Å². The van der Waals surface area contributed by atoms with Crippen LogP contribution in [-0.4, -0.2) is 43.9 Å². The maximum Gasteiger partial charge on any atom is 0.131 e. The topological polar surface area (TPSA) is 50.9 Å². The summed E-state index contributed by atoms with van der Waals surface area (Å²) in [6, 6.07) is 0.619.